The second-order valence-corrected chi connectivity index (χ2v) is 5.00. The van der Waals surface area contributed by atoms with Crippen molar-refractivity contribution in [3.63, 3.8) is 0 Å². The lowest BCUT2D eigenvalue weighted by Crippen LogP contribution is -2.16. The van der Waals surface area contributed by atoms with Gasteiger partial charge < -0.3 is 5.32 Å². The Labute approximate surface area is 114 Å². The van der Waals surface area contributed by atoms with Crippen molar-refractivity contribution >= 4 is 0 Å². The minimum Gasteiger partial charge on any atom is -0.313 e. The van der Waals surface area contributed by atoms with Crippen LogP contribution in [0.2, 0.25) is 0 Å². The summed E-state index contributed by atoms with van der Waals surface area (Å²) >= 11 is 0. The second-order valence-electron chi connectivity index (χ2n) is 5.00. The molecule has 0 saturated carbocycles. The Balaban J connectivity index is 2.22. The maximum absolute atomic E-state index is 4.60. The number of nitrogens with zero attached hydrogens (tertiary/aromatic N) is 3. The van der Waals surface area contributed by atoms with E-state index in [-0.39, 0.29) is 0 Å². The zero-order chi connectivity index (χ0) is 13.7. The Morgan fingerprint density at radius 1 is 1.32 bits per heavy atom. The summed E-state index contributed by atoms with van der Waals surface area (Å²) in [4.78, 5) is 4.46. The zero-order valence-electron chi connectivity index (χ0n) is 11.9. The zero-order valence-corrected chi connectivity index (χ0v) is 11.9. The SMILES string of the molecule is CCCNCc1cccnc1-n1ccc(C(C)C)n1. The number of aromatic nitrogens is 3. The number of pyridine rings is 1. The van der Waals surface area contributed by atoms with E-state index in [0.717, 1.165) is 31.0 Å². The molecule has 0 unspecified atom stereocenters. The number of rotatable bonds is 6. The van der Waals surface area contributed by atoms with Crippen LogP contribution in [0.4, 0.5) is 0 Å². The van der Waals surface area contributed by atoms with Gasteiger partial charge in [-0.05, 0) is 31.0 Å². The predicted octanol–water partition coefficient (Wildman–Crippen LogP) is 2.89. The van der Waals surface area contributed by atoms with Gasteiger partial charge >= 0.3 is 0 Å². The van der Waals surface area contributed by atoms with Gasteiger partial charge in [0.2, 0.25) is 0 Å². The van der Waals surface area contributed by atoms with Gasteiger partial charge in [-0.25, -0.2) is 9.67 Å². The van der Waals surface area contributed by atoms with Crippen LogP contribution in [0.1, 0.15) is 44.4 Å². The Morgan fingerprint density at radius 2 is 2.16 bits per heavy atom. The van der Waals surface area contributed by atoms with Crippen LogP contribution in [-0.2, 0) is 6.54 Å². The molecular weight excluding hydrogens is 236 g/mol. The van der Waals surface area contributed by atoms with Gasteiger partial charge in [-0.3, -0.25) is 0 Å². The first kappa shape index (κ1) is 13.7. The first-order valence-corrected chi connectivity index (χ1v) is 6.93. The number of hydrogen-bond donors (Lipinski definition) is 1. The molecule has 0 aromatic carbocycles. The van der Waals surface area contributed by atoms with E-state index in [1.807, 2.05) is 23.1 Å². The van der Waals surface area contributed by atoms with Crippen molar-refractivity contribution in [3.05, 3.63) is 41.9 Å². The molecule has 102 valence electrons. The average molecular weight is 258 g/mol. The van der Waals surface area contributed by atoms with Crippen LogP contribution >= 0.6 is 0 Å². The molecule has 0 aliphatic rings. The predicted molar refractivity (Wildman–Crippen MR) is 77.4 cm³/mol. The van der Waals surface area contributed by atoms with E-state index in [9.17, 15) is 0 Å². The molecule has 4 nitrogen and oxygen atoms in total. The summed E-state index contributed by atoms with van der Waals surface area (Å²) in [5.41, 5.74) is 2.27. The topological polar surface area (TPSA) is 42.7 Å². The summed E-state index contributed by atoms with van der Waals surface area (Å²) in [6.07, 6.45) is 4.94. The van der Waals surface area contributed by atoms with Crippen LogP contribution < -0.4 is 5.32 Å². The smallest absolute Gasteiger partial charge is 0.157 e. The maximum Gasteiger partial charge on any atom is 0.157 e. The first-order valence-electron chi connectivity index (χ1n) is 6.93. The Morgan fingerprint density at radius 3 is 2.84 bits per heavy atom. The van der Waals surface area contributed by atoms with Crippen LogP contribution in [0.25, 0.3) is 5.82 Å². The van der Waals surface area contributed by atoms with Gasteiger partial charge in [0.05, 0.1) is 5.69 Å². The van der Waals surface area contributed by atoms with Crippen LogP contribution in [0.3, 0.4) is 0 Å². The third-order valence-corrected chi connectivity index (χ3v) is 3.03. The van der Waals surface area contributed by atoms with Gasteiger partial charge in [0.25, 0.3) is 0 Å². The molecule has 0 saturated heterocycles. The van der Waals surface area contributed by atoms with E-state index in [1.165, 1.54) is 5.56 Å². The molecule has 0 aliphatic carbocycles. The molecule has 2 aromatic rings. The molecule has 0 radical (unpaired) electrons. The fourth-order valence-corrected chi connectivity index (χ4v) is 1.94. The largest absolute Gasteiger partial charge is 0.313 e. The second kappa shape index (κ2) is 6.48. The lowest BCUT2D eigenvalue weighted by Gasteiger charge is -2.09. The molecule has 0 bridgehead atoms. The molecule has 2 aromatic heterocycles. The molecule has 0 fully saturated rings. The van der Waals surface area contributed by atoms with Gasteiger partial charge in [-0.2, -0.15) is 5.10 Å². The summed E-state index contributed by atoms with van der Waals surface area (Å²) in [7, 11) is 0. The van der Waals surface area contributed by atoms with Crippen LogP contribution in [0.15, 0.2) is 30.6 Å². The van der Waals surface area contributed by atoms with Gasteiger partial charge in [0.1, 0.15) is 0 Å². The summed E-state index contributed by atoms with van der Waals surface area (Å²) in [5.74, 6) is 1.35. The van der Waals surface area contributed by atoms with Crippen LogP contribution in [0, 0.1) is 0 Å². The highest BCUT2D eigenvalue weighted by Gasteiger charge is 2.09. The highest BCUT2D eigenvalue weighted by Crippen LogP contribution is 2.15. The first-order chi connectivity index (χ1) is 9.22. The van der Waals surface area contributed by atoms with Crippen molar-refractivity contribution in [2.24, 2.45) is 0 Å². The van der Waals surface area contributed by atoms with Crippen LogP contribution in [-0.4, -0.2) is 21.3 Å². The van der Waals surface area contributed by atoms with Gasteiger partial charge in [-0.15, -0.1) is 0 Å². The third-order valence-electron chi connectivity index (χ3n) is 3.03. The highest BCUT2D eigenvalue weighted by molar-refractivity contribution is 5.33. The minimum absolute atomic E-state index is 0.437. The highest BCUT2D eigenvalue weighted by atomic mass is 15.3. The summed E-state index contributed by atoms with van der Waals surface area (Å²) in [5, 5.41) is 8.01. The number of nitrogens with one attached hydrogen (secondary N) is 1. The van der Waals surface area contributed by atoms with Gasteiger partial charge in [0, 0.05) is 24.5 Å². The molecule has 4 heteroatoms. The maximum atomic E-state index is 4.60. The molecule has 2 rings (SSSR count). The summed E-state index contributed by atoms with van der Waals surface area (Å²) in [6, 6.07) is 6.13. The van der Waals surface area contributed by atoms with E-state index in [0.29, 0.717) is 5.92 Å². The van der Waals surface area contributed by atoms with E-state index < -0.39 is 0 Å². The summed E-state index contributed by atoms with van der Waals surface area (Å²) in [6.45, 7) is 8.31. The lowest BCUT2D eigenvalue weighted by atomic mass is 10.1. The van der Waals surface area contributed by atoms with E-state index in [2.05, 4.69) is 48.3 Å². The van der Waals surface area contributed by atoms with Crippen molar-refractivity contribution in [2.75, 3.05) is 6.54 Å². The van der Waals surface area contributed by atoms with Crippen molar-refractivity contribution in [1.29, 1.82) is 0 Å². The monoisotopic (exact) mass is 258 g/mol. The van der Waals surface area contributed by atoms with Crippen molar-refractivity contribution in [2.45, 2.75) is 39.7 Å². The minimum atomic E-state index is 0.437. The normalized spacial score (nSPS) is 11.2. The Hall–Kier alpha value is -1.68. The van der Waals surface area contributed by atoms with E-state index in [4.69, 9.17) is 0 Å². The number of hydrogen-bond acceptors (Lipinski definition) is 3. The molecule has 0 spiro atoms. The standard InChI is InChI=1S/C15H22N4/c1-4-8-16-11-13-6-5-9-17-15(13)19-10-7-14(18-19)12(2)3/h5-7,9-10,12,16H,4,8,11H2,1-3H3. The molecule has 0 atom stereocenters. The van der Waals surface area contributed by atoms with Crippen molar-refractivity contribution < 1.29 is 0 Å². The van der Waals surface area contributed by atoms with Gasteiger partial charge in [-0.1, -0.05) is 26.8 Å². The quantitative estimate of drug-likeness (QED) is 0.810. The molecular formula is C15H22N4. The van der Waals surface area contributed by atoms with Gasteiger partial charge in [0.15, 0.2) is 5.82 Å². The van der Waals surface area contributed by atoms with E-state index >= 15 is 0 Å². The molecule has 0 aliphatic heterocycles. The fraction of sp³-hybridized carbons (Fsp3) is 0.467. The van der Waals surface area contributed by atoms with E-state index in [1.54, 1.807) is 0 Å². The van der Waals surface area contributed by atoms with Crippen molar-refractivity contribution in [3.8, 4) is 5.82 Å². The molecule has 0 amide bonds. The lowest BCUT2D eigenvalue weighted by molar-refractivity contribution is 0.664. The average Bonchev–Trinajstić information content (AvgIpc) is 2.89. The fourth-order valence-electron chi connectivity index (χ4n) is 1.94. The van der Waals surface area contributed by atoms with Crippen LogP contribution in [0.5, 0.6) is 0 Å². The molecule has 19 heavy (non-hydrogen) atoms. The molecule has 2 heterocycles. The molecule has 1 N–H and O–H groups in total. The Bertz CT molecular complexity index is 516. The Kier molecular flexibility index (Phi) is 4.68. The third kappa shape index (κ3) is 3.41. The van der Waals surface area contributed by atoms with Crippen molar-refractivity contribution in [1.82, 2.24) is 20.1 Å². The summed E-state index contributed by atoms with van der Waals surface area (Å²) < 4.78 is 1.87.